The number of ether oxygens (including phenoxy) is 1. The van der Waals surface area contributed by atoms with E-state index in [0.717, 1.165) is 0 Å². The lowest BCUT2D eigenvalue weighted by Gasteiger charge is -2.11. The number of carbonyl (C=O) groups excluding carboxylic acids is 1. The van der Waals surface area contributed by atoms with Crippen molar-refractivity contribution in [3.63, 3.8) is 0 Å². The molecule has 0 spiro atoms. The van der Waals surface area contributed by atoms with Crippen LogP contribution in [0.25, 0.3) is 0 Å². The number of rotatable bonds is 3. The predicted molar refractivity (Wildman–Crippen MR) is 45.3 cm³/mol. The highest BCUT2D eigenvalue weighted by atomic mass is 16.5. The van der Waals surface area contributed by atoms with Crippen LogP contribution in [0.15, 0.2) is 18.2 Å². The minimum Gasteiger partial charge on any atom is -0.544 e. The van der Waals surface area contributed by atoms with E-state index in [1.54, 1.807) is 0 Å². The highest BCUT2D eigenvalue weighted by Crippen LogP contribution is 2.27. The van der Waals surface area contributed by atoms with Gasteiger partial charge in [-0.15, -0.1) is 0 Å². The molecule has 1 atom stereocenters. The third-order valence-corrected chi connectivity index (χ3v) is 1.89. The summed E-state index contributed by atoms with van der Waals surface area (Å²) in [5.74, 6) is -1.10. The number of aromatic hydroxyl groups is 1. The lowest BCUT2D eigenvalue weighted by molar-refractivity contribution is -0.443. The van der Waals surface area contributed by atoms with Gasteiger partial charge in [-0.1, -0.05) is 0 Å². The molecule has 0 aliphatic carbocycles. The number of quaternary nitrogens is 1. The van der Waals surface area contributed by atoms with Crippen LogP contribution in [0.5, 0.6) is 11.5 Å². The van der Waals surface area contributed by atoms with Crippen molar-refractivity contribution in [2.75, 3.05) is 7.11 Å². The molecule has 0 aliphatic heterocycles. The molecule has 0 bridgehead atoms. The molecule has 0 heterocycles. The molecule has 1 aromatic rings. The van der Waals surface area contributed by atoms with Crippen LogP contribution >= 0.6 is 0 Å². The van der Waals surface area contributed by atoms with Gasteiger partial charge in [0, 0.05) is 5.56 Å². The summed E-state index contributed by atoms with van der Waals surface area (Å²) in [4.78, 5) is 10.5. The molecule has 4 N–H and O–H groups in total. The third kappa shape index (κ3) is 1.94. The zero-order valence-electron chi connectivity index (χ0n) is 7.69. The standard InChI is InChI=1S/C9H11NO4/c1-14-7-3-2-5(4-6(7)11)8(10)9(12)13/h2-4,8,11H,10H2,1H3,(H,12,13)/t8-/m0/s1. The first-order valence-corrected chi connectivity index (χ1v) is 3.97. The van der Waals surface area contributed by atoms with E-state index in [1.165, 1.54) is 25.3 Å². The fourth-order valence-corrected chi connectivity index (χ4v) is 1.06. The molecular formula is C9H11NO4. The highest BCUT2D eigenvalue weighted by Gasteiger charge is 2.12. The molecule has 14 heavy (non-hydrogen) atoms. The molecule has 5 nitrogen and oxygen atoms in total. The Morgan fingerprint density at radius 2 is 2.29 bits per heavy atom. The molecule has 0 aliphatic rings. The second-order valence-electron chi connectivity index (χ2n) is 2.80. The molecular weight excluding hydrogens is 186 g/mol. The number of aliphatic carboxylic acids is 1. The minimum absolute atomic E-state index is 0.111. The number of phenolic OH excluding ortho intramolecular Hbond substituents is 1. The normalized spacial score (nSPS) is 12.1. The van der Waals surface area contributed by atoms with Crippen LogP contribution in [0.2, 0.25) is 0 Å². The van der Waals surface area contributed by atoms with Crippen LogP contribution in [0.4, 0.5) is 0 Å². The maximum Gasteiger partial charge on any atom is 0.160 e. The third-order valence-electron chi connectivity index (χ3n) is 1.89. The Bertz CT molecular complexity index is 351. The first-order valence-electron chi connectivity index (χ1n) is 3.97. The number of hydrogen-bond acceptors (Lipinski definition) is 4. The number of carbonyl (C=O) groups is 1. The predicted octanol–water partition coefficient (Wildman–Crippen LogP) is -1.57. The van der Waals surface area contributed by atoms with Gasteiger partial charge in [0.15, 0.2) is 17.5 Å². The Morgan fingerprint density at radius 3 is 2.71 bits per heavy atom. The summed E-state index contributed by atoms with van der Waals surface area (Å²) in [5, 5.41) is 19.8. The van der Waals surface area contributed by atoms with Gasteiger partial charge in [-0.05, 0) is 18.2 Å². The number of phenols is 1. The van der Waals surface area contributed by atoms with E-state index < -0.39 is 12.0 Å². The van der Waals surface area contributed by atoms with E-state index in [4.69, 9.17) is 4.74 Å². The smallest absolute Gasteiger partial charge is 0.160 e. The van der Waals surface area contributed by atoms with Crippen LogP contribution in [0.1, 0.15) is 11.6 Å². The Kier molecular flexibility index (Phi) is 2.93. The Balaban J connectivity index is 3.02. The van der Waals surface area contributed by atoms with Crippen molar-refractivity contribution in [3.05, 3.63) is 23.8 Å². The number of hydrogen-bond donors (Lipinski definition) is 2. The van der Waals surface area contributed by atoms with Crippen LogP contribution in [-0.2, 0) is 4.79 Å². The van der Waals surface area contributed by atoms with Gasteiger partial charge in [-0.3, -0.25) is 0 Å². The van der Waals surface area contributed by atoms with Crippen molar-refractivity contribution < 1.29 is 25.5 Å². The van der Waals surface area contributed by atoms with E-state index in [9.17, 15) is 15.0 Å². The topological polar surface area (TPSA) is 97.2 Å². The Labute approximate surface area is 80.7 Å². The van der Waals surface area contributed by atoms with Crippen LogP contribution < -0.4 is 15.6 Å². The van der Waals surface area contributed by atoms with Crippen molar-refractivity contribution in [2.45, 2.75) is 6.04 Å². The molecule has 76 valence electrons. The molecule has 0 saturated carbocycles. The molecule has 1 aromatic carbocycles. The maximum atomic E-state index is 10.5. The number of methoxy groups -OCH3 is 1. The molecule has 0 aromatic heterocycles. The van der Waals surface area contributed by atoms with Crippen molar-refractivity contribution in [1.82, 2.24) is 0 Å². The van der Waals surface area contributed by atoms with Gasteiger partial charge < -0.3 is 25.5 Å². The second-order valence-corrected chi connectivity index (χ2v) is 2.80. The summed E-state index contributed by atoms with van der Waals surface area (Å²) in [6, 6.07) is 3.30. The first-order chi connectivity index (χ1) is 6.56. The van der Waals surface area contributed by atoms with Crippen molar-refractivity contribution in [1.29, 1.82) is 0 Å². The fraction of sp³-hybridized carbons (Fsp3) is 0.222. The van der Waals surface area contributed by atoms with Crippen LogP contribution in [0.3, 0.4) is 0 Å². The van der Waals surface area contributed by atoms with Crippen LogP contribution in [0, 0.1) is 0 Å². The van der Waals surface area contributed by atoms with Crippen molar-refractivity contribution in [2.24, 2.45) is 0 Å². The van der Waals surface area contributed by atoms with Gasteiger partial charge in [0.1, 0.15) is 5.97 Å². The quantitative estimate of drug-likeness (QED) is 0.612. The summed E-state index contributed by atoms with van der Waals surface area (Å²) in [6.45, 7) is 0. The summed E-state index contributed by atoms with van der Waals surface area (Å²) < 4.78 is 4.81. The van der Waals surface area contributed by atoms with Gasteiger partial charge in [-0.25, -0.2) is 0 Å². The second kappa shape index (κ2) is 3.97. The van der Waals surface area contributed by atoms with Gasteiger partial charge in [-0.2, -0.15) is 0 Å². The fourth-order valence-electron chi connectivity index (χ4n) is 1.06. The molecule has 0 radical (unpaired) electrons. The SMILES string of the molecule is COc1ccc([C@H]([NH3+])C(=O)[O-])cc1O. The largest absolute Gasteiger partial charge is 0.544 e. The average molecular weight is 197 g/mol. The van der Waals surface area contributed by atoms with Gasteiger partial charge in [0.2, 0.25) is 0 Å². The molecule has 1 rings (SSSR count). The van der Waals surface area contributed by atoms with Crippen molar-refractivity contribution >= 4 is 5.97 Å². The van der Waals surface area contributed by atoms with E-state index >= 15 is 0 Å². The number of benzene rings is 1. The van der Waals surface area contributed by atoms with Gasteiger partial charge in [0.25, 0.3) is 0 Å². The average Bonchev–Trinajstić information content (AvgIpc) is 2.16. The van der Waals surface area contributed by atoms with E-state index in [-0.39, 0.29) is 5.75 Å². The zero-order valence-corrected chi connectivity index (χ0v) is 7.69. The summed E-state index contributed by atoms with van der Waals surface area (Å²) in [7, 11) is 1.41. The summed E-state index contributed by atoms with van der Waals surface area (Å²) in [6.07, 6.45) is 0. The van der Waals surface area contributed by atoms with Crippen LogP contribution in [-0.4, -0.2) is 18.2 Å². The molecule has 0 fully saturated rings. The van der Waals surface area contributed by atoms with Gasteiger partial charge in [0.05, 0.1) is 7.11 Å². The van der Waals surface area contributed by atoms with E-state index in [2.05, 4.69) is 5.73 Å². The monoisotopic (exact) mass is 197 g/mol. The number of carboxylic acid groups (broad SMARTS) is 1. The summed E-state index contributed by atoms with van der Waals surface area (Å²) in [5.41, 5.74) is 3.77. The Hall–Kier alpha value is -1.75. The lowest BCUT2D eigenvalue weighted by atomic mass is 10.1. The molecule has 5 heteroatoms. The Morgan fingerprint density at radius 1 is 1.64 bits per heavy atom. The molecule has 0 saturated heterocycles. The summed E-state index contributed by atoms with van der Waals surface area (Å²) >= 11 is 0. The van der Waals surface area contributed by atoms with Crippen molar-refractivity contribution in [3.8, 4) is 11.5 Å². The van der Waals surface area contributed by atoms with E-state index in [0.29, 0.717) is 11.3 Å². The zero-order chi connectivity index (χ0) is 10.7. The van der Waals surface area contributed by atoms with Gasteiger partial charge >= 0.3 is 0 Å². The molecule has 0 amide bonds. The number of carboxylic acids is 1. The minimum atomic E-state index is -1.28. The highest BCUT2D eigenvalue weighted by molar-refractivity contribution is 5.71. The molecule has 0 unspecified atom stereocenters. The maximum absolute atomic E-state index is 10.5. The van der Waals surface area contributed by atoms with E-state index in [1.807, 2.05) is 0 Å². The first kappa shape index (κ1) is 10.3. The lowest BCUT2D eigenvalue weighted by Crippen LogP contribution is -2.60.